The number of fused-ring (bicyclic) bond motifs is 1. The second kappa shape index (κ2) is 18.9. The van der Waals surface area contributed by atoms with Crippen LogP contribution in [0, 0.1) is 22.7 Å². The van der Waals surface area contributed by atoms with Crippen LogP contribution in [0.4, 0.5) is 0 Å². The maximum absolute atomic E-state index is 11.9. The number of carboxylic acids is 1. The number of carboxylic acid groups (broad SMARTS) is 1. The highest BCUT2D eigenvalue weighted by molar-refractivity contribution is 6.63. The van der Waals surface area contributed by atoms with E-state index in [0.717, 1.165) is 50.7 Å². The van der Waals surface area contributed by atoms with Gasteiger partial charge in [-0.1, -0.05) is 65.0 Å². The van der Waals surface area contributed by atoms with Gasteiger partial charge >= 0.3 is 17.9 Å². The van der Waals surface area contributed by atoms with Crippen LogP contribution in [0.5, 0.6) is 0 Å². The van der Waals surface area contributed by atoms with Gasteiger partial charge in [0.15, 0.2) is 0 Å². The SMILES string of the molecule is C=C.C=C/C=C/CCC(=O)O.CCC(=O)Cl.CCC(=O)OC[C@]1(C)CCCC2(C)C(C/C=C3\CCOC3=O)C3(CCC21)CO3. The standard InChI is InChI=1S/C23H34O5.C7H10O2.C3H5ClO.C2H4/c1-4-19(24)27-14-21(2)10-5-11-22(3)17(21)8-12-23(15-28-23)18(22)7-6-16-9-13-26-20(16)25;1-2-3-4-5-6-7(8)9;1-2-3(4)5;1-2/h6,17-18H,4-5,7-15H2,1-3H3;2-4H,1,5-6H2,(H,8,9);2H2,1H3;1-2H2/b16-6+;4-3+;;/t17?,18?,21-,22?,23?;;;/m0.../s1. The topological polar surface area (TPSA) is 120 Å². The number of rotatable bonds is 10. The van der Waals surface area contributed by atoms with Crippen LogP contribution < -0.4 is 0 Å². The molecule has 2 aliphatic heterocycles. The van der Waals surface area contributed by atoms with Gasteiger partial charge in [0.25, 0.3) is 0 Å². The molecule has 44 heavy (non-hydrogen) atoms. The zero-order chi connectivity index (χ0) is 33.4. The van der Waals surface area contributed by atoms with E-state index in [1.54, 1.807) is 25.2 Å². The van der Waals surface area contributed by atoms with Crippen LogP contribution >= 0.6 is 11.6 Å². The second-order valence-corrected chi connectivity index (χ2v) is 12.6. The lowest BCUT2D eigenvalue weighted by atomic mass is 9.45. The average molecular weight is 637 g/mol. The molecule has 2 aliphatic carbocycles. The number of hydrogen-bond acceptors (Lipinski definition) is 7. The fourth-order valence-corrected chi connectivity index (χ4v) is 7.01. The highest BCUT2D eigenvalue weighted by atomic mass is 35.5. The van der Waals surface area contributed by atoms with Gasteiger partial charge in [0.05, 0.1) is 25.4 Å². The van der Waals surface area contributed by atoms with Crippen molar-refractivity contribution in [2.75, 3.05) is 19.8 Å². The molecule has 1 spiro atoms. The summed E-state index contributed by atoms with van der Waals surface area (Å²) >= 11 is 4.82. The average Bonchev–Trinajstić information content (AvgIpc) is 3.65. The molecule has 2 saturated carbocycles. The predicted molar refractivity (Wildman–Crippen MR) is 173 cm³/mol. The first-order chi connectivity index (χ1) is 20.9. The molecule has 2 heterocycles. The first-order valence-electron chi connectivity index (χ1n) is 15.7. The molecule has 0 aromatic carbocycles. The Kier molecular flexibility index (Phi) is 16.9. The molecule has 1 N–H and O–H groups in total. The maximum Gasteiger partial charge on any atom is 0.333 e. The van der Waals surface area contributed by atoms with Crippen molar-refractivity contribution in [1.29, 1.82) is 0 Å². The van der Waals surface area contributed by atoms with Crippen LogP contribution in [0.15, 0.2) is 49.6 Å². The normalized spacial score (nSPS) is 30.8. The molecule has 248 valence electrons. The van der Waals surface area contributed by atoms with Crippen molar-refractivity contribution in [2.24, 2.45) is 22.7 Å². The van der Waals surface area contributed by atoms with E-state index >= 15 is 0 Å². The summed E-state index contributed by atoms with van der Waals surface area (Å²) in [6.07, 6.45) is 16.2. The number of cyclic esters (lactones) is 1. The van der Waals surface area contributed by atoms with Gasteiger partial charge in [0, 0.05) is 36.7 Å². The third kappa shape index (κ3) is 11.3. The van der Waals surface area contributed by atoms with Gasteiger partial charge in [-0.2, -0.15) is 0 Å². The molecular formula is C35H53ClO8. The Morgan fingerprint density at radius 3 is 2.30 bits per heavy atom. The Morgan fingerprint density at radius 2 is 1.80 bits per heavy atom. The first-order valence-corrected chi connectivity index (χ1v) is 16.1. The van der Waals surface area contributed by atoms with E-state index < -0.39 is 5.97 Å². The monoisotopic (exact) mass is 636 g/mol. The smallest absolute Gasteiger partial charge is 0.333 e. The summed E-state index contributed by atoms with van der Waals surface area (Å²) in [5, 5.41) is 7.88. The van der Waals surface area contributed by atoms with Crippen molar-refractivity contribution < 1.29 is 38.5 Å². The summed E-state index contributed by atoms with van der Waals surface area (Å²) in [4.78, 5) is 43.2. The van der Waals surface area contributed by atoms with E-state index in [2.05, 4.69) is 39.7 Å². The molecule has 0 amide bonds. The van der Waals surface area contributed by atoms with E-state index in [4.69, 9.17) is 30.9 Å². The molecule has 9 heteroatoms. The predicted octanol–water partition coefficient (Wildman–Crippen LogP) is 7.75. The number of carbonyl (C=O) groups is 4. The van der Waals surface area contributed by atoms with Crippen LogP contribution in [-0.4, -0.2) is 53.7 Å². The van der Waals surface area contributed by atoms with Gasteiger partial charge in [-0.25, -0.2) is 4.79 Å². The number of aliphatic carboxylic acids is 1. The molecule has 0 aromatic heterocycles. The minimum Gasteiger partial charge on any atom is -0.481 e. The third-order valence-electron chi connectivity index (χ3n) is 9.30. The highest BCUT2D eigenvalue weighted by Gasteiger charge is 2.65. The Bertz CT molecular complexity index is 1050. The zero-order valence-electron chi connectivity index (χ0n) is 27.2. The van der Waals surface area contributed by atoms with Crippen LogP contribution in [0.25, 0.3) is 0 Å². The van der Waals surface area contributed by atoms with Crippen molar-refractivity contribution in [3.63, 3.8) is 0 Å². The van der Waals surface area contributed by atoms with Gasteiger partial charge in [-0.05, 0) is 67.4 Å². The molecular weight excluding hydrogens is 584 g/mol. The molecule has 4 fully saturated rings. The quantitative estimate of drug-likeness (QED) is 0.0645. The van der Waals surface area contributed by atoms with E-state index in [0.29, 0.717) is 44.3 Å². The minimum atomic E-state index is -0.760. The van der Waals surface area contributed by atoms with Crippen LogP contribution in [0.2, 0.25) is 0 Å². The fourth-order valence-electron chi connectivity index (χ4n) is 7.01. The Labute approximate surface area is 268 Å². The van der Waals surface area contributed by atoms with E-state index in [-0.39, 0.29) is 40.0 Å². The summed E-state index contributed by atoms with van der Waals surface area (Å²) in [6.45, 7) is 19.6. The van der Waals surface area contributed by atoms with Crippen molar-refractivity contribution in [2.45, 2.75) is 104 Å². The number of carbonyl (C=O) groups excluding carboxylic acids is 3. The number of epoxide rings is 1. The summed E-state index contributed by atoms with van der Waals surface area (Å²) in [6, 6.07) is 0. The molecule has 4 unspecified atom stereocenters. The van der Waals surface area contributed by atoms with Crippen molar-refractivity contribution in [3.8, 4) is 0 Å². The molecule has 0 radical (unpaired) electrons. The minimum absolute atomic E-state index is 0.0107. The van der Waals surface area contributed by atoms with Gasteiger partial charge < -0.3 is 19.3 Å². The lowest BCUT2D eigenvalue weighted by Crippen LogP contribution is -2.56. The van der Waals surface area contributed by atoms with Crippen molar-refractivity contribution in [3.05, 3.63) is 49.6 Å². The Morgan fingerprint density at radius 1 is 1.14 bits per heavy atom. The first kappa shape index (κ1) is 39.3. The van der Waals surface area contributed by atoms with Gasteiger partial charge in [0.1, 0.15) is 0 Å². The number of halogens is 1. The molecule has 4 aliphatic rings. The Balaban J connectivity index is 0.000000504. The molecule has 0 bridgehead atoms. The van der Waals surface area contributed by atoms with E-state index in [1.807, 2.05) is 6.92 Å². The molecule has 5 atom stereocenters. The van der Waals surface area contributed by atoms with Crippen LogP contribution in [0.3, 0.4) is 0 Å². The molecule has 4 rings (SSSR count). The van der Waals surface area contributed by atoms with Gasteiger partial charge in [-0.3, -0.25) is 14.4 Å². The van der Waals surface area contributed by atoms with Crippen molar-refractivity contribution in [1.82, 2.24) is 0 Å². The highest BCUT2D eigenvalue weighted by Crippen LogP contribution is 2.66. The van der Waals surface area contributed by atoms with Gasteiger partial charge in [-0.15, -0.1) is 13.2 Å². The lowest BCUT2D eigenvalue weighted by molar-refractivity contribution is -0.160. The number of allylic oxidation sites excluding steroid dienone is 4. The summed E-state index contributed by atoms with van der Waals surface area (Å²) in [5.41, 5.74) is 0.978. The lowest BCUT2D eigenvalue weighted by Gasteiger charge is -2.59. The van der Waals surface area contributed by atoms with Crippen LogP contribution in [-0.2, 0) is 33.4 Å². The zero-order valence-corrected chi connectivity index (χ0v) is 27.9. The number of esters is 2. The summed E-state index contributed by atoms with van der Waals surface area (Å²) in [5.74, 6) is -0.104. The van der Waals surface area contributed by atoms with Gasteiger partial charge in [0.2, 0.25) is 5.24 Å². The summed E-state index contributed by atoms with van der Waals surface area (Å²) in [7, 11) is 0. The van der Waals surface area contributed by atoms with E-state index in [9.17, 15) is 19.2 Å². The molecule has 0 aromatic rings. The maximum atomic E-state index is 11.9. The third-order valence-corrected chi connectivity index (χ3v) is 9.56. The Hall–Kier alpha value is -2.71. The summed E-state index contributed by atoms with van der Waals surface area (Å²) < 4.78 is 16.8. The number of ether oxygens (including phenoxy) is 3. The van der Waals surface area contributed by atoms with Crippen molar-refractivity contribution >= 4 is 34.8 Å². The largest absolute Gasteiger partial charge is 0.481 e. The molecule has 2 saturated heterocycles. The molecule has 8 nitrogen and oxygen atoms in total. The van der Waals surface area contributed by atoms with E-state index in [1.165, 1.54) is 6.42 Å². The second-order valence-electron chi connectivity index (χ2n) is 12.2. The fraction of sp³-hybridized carbons (Fsp3) is 0.657. The number of hydrogen-bond donors (Lipinski definition) is 1. The van der Waals surface area contributed by atoms with Crippen LogP contribution in [0.1, 0.15) is 98.3 Å².